The summed E-state index contributed by atoms with van der Waals surface area (Å²) in [5, 5.41) is 5.31. The van der Waals surface area contributed by atoms with E-state index in [2.05, 4.69) is 5.10 Å². The first kappa shape index (κ1) is 20.1. The zero-order valence-electron chi connectivity index (χ0n) is 17.2. The molecular formula is C23H24FN5OS. The lowest BCUT2D eigenvalue weighted by atomic mass is 10.2. The molecule has 31 heavy (non-hydrogen) atoms. The van der Waals surface area contributed by atoms with E-state index >= 15 is 0 Å². The van der Waals surface area contributed by atoms with Crippen molar-refractivity contribution in [3.05, 3.63) is 66.2 Å². The van der Waals surface area contributed by atoms with Crippen LogP contribution in [0.1, 0.15) is 24.6 Å². The fourth-order valence-corrected chi connectivity index (χ4v) is 4.59. The molecule has 0 spiro atoms. The van der Waals surface area contributed by atoms with Crippen molar-refractivity contribution in [1.29, 1.82) is 0 Å². The number of hydrogen-bond donors (Lipinski definition) is 0. The van der Waals surface area contributed by atoms with Crippen molar-refractivity contribution in [2.75, 3.05) is 36.8 Å². The smallest absolute Gasteiger partial charge is 0.233 e. The Bertz CT molecular complexity index is 1060. The number of carbonyl (C=O) groups excluding carboxylic acids is 1. The quantitative estimate of drug-likeness (QED) is 0.550. The van der Waals surface area contributed by atoms with Gasteiger partial charge in [0, 0.05) is 32.1 Å². The molecular weight excluding hydrogens is 413 g/mol. The van der Waals surface area contributed by atoms with Gasteiger partial charge in [0.25, 0.3) is 0 Å². The largest absolute Gasteiger partial charge is 0.366 e. The van der Waals surface area contributed by atoms with Crippen LogP contribution in [-0.4, -0.2) is 57.5 Å². The predicted molar refractivity (Wildman–Crippen MR) is 119 cm³/mol. The zero-order chi connectivity index (χ0) is 21.2. The Morgan fingerprint density at radius 3 is 2.42 bits per heavy atom. The molecule has 5 rings (SSSR count). The average Bonchev–Trinajstić information content (AvgIpc) is 3.57. The molecule has 2 aromatic carbocycles. The summed E-state index contributed by atoms with van der Waals surface area (Å²) >= 11 is 1.39. The van der Waals surface area contributed by atoms with Gasteiger partial charge in [-0.2, -0.15) is 0 Å². The Balaban J connectivity index is 1.19. The zero-order valence-corrected chi connectivity index (χ0v) is 18.0. The minimum Gasteiger partial charge on any atom is -0.366 e. The number of anilines is 1. The maximum absolute atomic E-state index is 14.0. The second-order valence-corrected chi connectivity index (χ2v) is 8.82. The number of halogens is 1. The molecule has 1 aliphatic heterocycles. The Labute approximate surface area is 185 Å². The molecule has 0 radical (unpaired) electrons. The highest BCUT2D eigenvalue weighted by Gasteiger charge is 2.31. The highest BCUT2D eigenvalue weighted by Crippen LogP contribution is 2.40. The molecule has 1 saturated heterocycles. The highest BCUT2D eigenvalue weighted by atomic mass is 32.2. The summed E-state index contributed by atoms with van der Waals surface area (Å²) in [5.74, 6) is 1.61. The summed E-state index contributed by atoms with van der Waals surface area (Å²) in [6.45, 7) is 2.44. The van der Waals surface area contributed by atoms with Crippen LogP contribution in [0.3, 0.4) is 0 Å². The average molecular weight is 438 g/mol. The summed E-state index contributed by atoms with van der Waals surface area (Å²) in [6, 6.07) is 16.8. The fraction of sp³-hybridized carbons (Fsp3) is 0.348. The molecule has 1 saturated carbocycles. The molecule has 0 bridgehead atoms. The molecule has 6 nitrogen and oxygen atoms in total. The maximum Gasteiger partial charge on any atom is 0.233 e. The fourth-order valence-electron chi connectivity index (χ4n) is 3.85. The molecule has 1 aromatic heterocycles. The van der Waals surface area contributed by atoms with E-state index in [9.17, 15) is 9.18 Å². The lowest BCUT2D eigenvalue weighted by Gasteiger charge is -2.36. The first-order valence-electron chi connectivity index (χ1n) is 10.6. The standard InChI is InChI=1S/C23H24FN5OS/c24-19-8-4-5-9-20(19)27-12-14-28(15-13-27)21(30)16-31-23-25-22(17-10-11-17)29(26-23)18-6-2-1-3-7-18/h1-9,17H,10-16H2. The molecule has 2 aliphatic rings. The van der Waals surface area contributed by atoms with E-state index in [1.165, 1.54) is 17.8 Å². The van der Waals surface area contributed by atoms with Crippen molar-refractivity contribution < 1.29 is 9.18 Å². The first-order valence-corrected chi connectivity index (χ1v) is 11.6. The van der Waals surface area contributed by atoms with Gasteiger partial charge in [0.05, 0.1) is 17.1 Å². The van der Waals surface area contributed by atoms with Crippen LogP contribution in [0.4, 0.5) is 10.1 Å². The Hall–Kier alpha value is -2.87. The lowest BCUT2D eigenvalue weighted by Crippen LogP contribution is -2.49. The number of para-hydroxylation sites is 2. The van der Waals surface area contributed by atoms with Gasteiger partial charge in [0.1, 0.15) is 11.6 Å². The molecule has 160 valence electrons. The van der Waals surface area contributed by atoms with Gasteiger partial charge in [0.2, 0.25) is 11.1 Å². The Morgan fingerprint density at radius 1 is 1.00 bits per heavy atom. The summed E-state index contributed by atoms with van der Waals surface area (Å²) in [4.78, 5) is 21.3. The Kier molecular flexibility index (Phi) is 5.63. The van der Waals surface area contributed by atoms with Gasteiger partial charge in [-0.1, -0.05) is 42.1 Å². The molecule has 8 heteroatoms. The predicted octanol–water partition coefficient (Wildman–Crippen LogP) is 3.72. The summed E-state index contributed by atoms with van der Waals surface area (Å²) in [5.41, 5.74) is 1.60. The minimum absolute atomic E-state index is 0.0715. The van der Waals surface area contributed by atoms with Crippen LogP contribution in [0.5, 0.6) is 0 Å². The molecule has 1 amide bonds. The molecule has 0 atom stereocenters. The number of piperazine rings is 1. The third kappa shape index (κ3) is 4.44. The number of aromatic nitrogens is 3. The van der Waals surface area contributed by atoms with E-state index in [1.807, 2.05) is 50.9 Å². The third-order valence-electron chi connectivity index (χ3n) is 5.71. The van der Waals surface area contributed by atoms with Crippen LogP contribution in [-0.2, 0) is 4.79 Å². The van der Waals surface area contributed by atoms with E-state index in [0.29, 0.717) is 48.7 Å². The van der Waals surface area contributed by atoms with Crippen LogP contribution in [0.25, 0.3) is 5.69 Å². The number of rotatable bonds is 6. The second-order valence-electron chi connectivity index (χ2n) is 7.88. The van der Waals surface area contributed by atoms with Crippen LogP contribution < -0.4 is 4.90 Å². The Morgan fingerprint density at radius 2 is 1.71 bits per heavy atom. The molecule has 0 N–H and O–H groups in total. The minimum atomic E-state index is -0.218. The normalized spacial score (nSPS) is 16.5. The van der Waals surface area contributed by atoms with Crippen molar-refractivity contribution in [3.8, 4) is 5.69 Å². The van der Waals surface area contributed by atoms with Gasteiger partial charge in [0.15, 0.2) is 0 Å². The van der Waals surface area contributed by atoms with Gasteiger partial charge in [-0.05, 0) is 37.1 Å². The lowest BCUT2D eigenvalue weighted by molar-refractivity contribution is -0.128. The summed E-state index contributed by atoms with van der Waals surface area (Å²) < 4.78 is 15.9. The van der Waals surface area contributed by atoms with Crippen LogP contribution in [0.2, 0.25) is 0 Å². The molecule has 1 aliphatic carbocycles. The highest BCUT2D eigenvalue weighted by molar-refractivity contribution is 7.99. The van der Waals surface area contributed by atoms with E-state index in [-0.39, 0.29) is 11.7 Å². The van der Waals surface area contributed by atoms with Crippen LogP contribution >= 0.6 is 11.8 Å². The van der Waals surface area contributed by atoms with Gasteiger partial charge in [-0.3, -0.25) is 4.79 Å². The molecule has 3 aromatic rings. The topological polar surface area (TPSA) is 54.3 Å². The number of benzene rings is 2. The van der Waals surface area contributed by atoms with Gasteiger partial charge in [-0.25, -0.2) is 14.1 Å². The molecule has 2 fully saturated rings. The number of nitrogens with zero attached hydrogens (tertiary/aromatic N) is 5. The summed E-state index contributed by atoms with van der Waals surface area (Å²) in [6.07, 6.45) is 2.28. The maximum atomic E-state index is 14.0. The van der Waals surface area contributed by atoms with Crippen molar-refractivity contribution >= 4 is 23.4 Å². The van der Waals surface area contributed by atoms with Crippen LogP contribution in [0, 0.1) is 5.82 Å². The SMILES string of the molecule is O=C(CSc1nc(C2CC2)n(-c2ccccc2)n1)N1CCN(c2ccccc2F)CC1. The van der Waals surface area contributed by atoms with E-state index in [1.54, 1.807) is 12.1 Å². The molecule has 0 unspecified atom stereocenters. The number of thioether (sulfide) groups is 1. The van der Waals surface area contributed by atoms with Gasteiger partial charge < -0.3 is 9.80 Å². The van der Waals surface area contributed by atoms with E-state index in [0.717, 1.165) is 24.4 Å². The summed E-state index contributed by atoms with van der Waals surface area (Å²) in [7, 11) is 0. The van der Waals surface area contributed by atoms with E-state index < -0.39 is 0 Å². The van der Waals surface area contributed by atoms with Crippen molar-refractivity contribution in [3.63, 3.8) is 0 Å². The number of carbonyl (C=O) groups is 1. The second kappa shape index (κ2) is 8.70. The van der Waals surface area contributed by atoms with Crippen molar-refractivity contribution in [2.45, 2.75) is 23.9 Å². The van der Waals surface area contributed by atoms with Crippen LogP contribution in [0.15, 0.2) is 59.8 Å². The van der Waals surface area contributed by atoms with E-state index in [4.69, 9.17) is 4.98 Å². The van der Waals surface area contributed by atoms with Crippen molar-refractivity contribution in [2.24, 2.45) is 0 Å². The number of hydrogen-bond acceptors (Lipinski definition) is 5. The monoisotopic (exact) mass is 437 g/mol. The van der Waals surface area contributed by atoms with Gasteiger partial charge in [-0.15, -0.1) is 5.10 Å². The van der Waals surface area contributed by atoms with Gasteiger partial charge >= 0.3 is 0 Å². The number of amides is 1. The molecule has 2 heterocycles. The first-order chi connectivity index (χ1) is 15.2. The third-order valence-corrected chi connectivity index (χ3v) is 6.53. The van der Waals surface area contributed by atoms with Crippen molar-refractivity contribution in [1.82, 2.24) is 19.7 Å².